The van der Waals surface area contributed by atoms with Gasteiger partial charge in [-0.2, -0.15) is 0 Å². The van der Waals surface area contributed by atoms with Crippen molar-refractivity contribution in [2.24, 2.45) is 5.92 Å². The maximum absolute atomic E-state index is 12.2. The molecule has 1 atom stereocenters. The topological polar surface area (TPSA) is 77.2 Å². The fraction of sp³-hybridized carbons (Fsp3) is 0.588. The van der Waals surface area contributed by atoms with E-state index >= 15 is 0 Å². The third-order valence-corrected chi connectivity index (χ3v) is 4.20. The molecular weight excluding hydrogens is 304 g/mol. The van der Waals surface area contributed by atoms with Crippen molar-refractivity contribution in [1.29, 1.82) is 0 Å². The number of carbonyl (C=O) groups excluding carboxylic acids is 1. The van der Waals surface area contributed by atoms with Gasteiger partial charge in [-0.05, 0) is 38.8 Å². The maximum atomic E-state index is 12.2. The molecule has 2 rings (SSSR count). The number of rotatable bonds is 4. The van der Waals surface area contributed by atoms with Crippen LogP contribution in [0.2, 0.25) is 0 Å². The Morgan fingerprint density at radius 1 is 1.46 bits per heavy atom. The fourth-order valence-corrected chi connectivity index (χ4v) is 2.82. The highest BCUT2D eigenvalue weighted by Crippen LogP contribution is 2.20. The number of nitrogens with one attached hydrogen (secondary N) is 2. The van der Waals surface area contributed by atoms with Gasteiger partial charge < -0.3 is 10.3 Å². The van der Waals surface area contributed by atoms with Gasteiger partial charge in [-0.15, -0.1) is 0 Å². The van der Waals surface area contributed by atoms with E-state index in [0.29, 0.717) is 13.1 Å². The van der Waals surface area contributed by atoms with Crippen molar-refractivity contribution in [3.05, 3.63) is 30.5 Å². The molecule has 1 aliphatic heterocycles. The number of hydrogen-bond acceptors (Lipinski definition) is 5. The first-order valence-corrected chi connectivity index (χ1v) is 8.58. The molecule has 0 bridgehead atoms. The van der Waals surface area contributed by atoms with Crippen LogP contribution < -0.4 is 10.3 Å². The van der Waals surface area contributed by atoms with Crippen LogP contribution in [0, 0.1) is 12.8 Å². The molecule has 1 aromatic heterocycles. The van der Waals surface area contributed by atoms with Gasteiger partial charge in [0.05, 0.1) is 5.92 Å². The minimum absolute atomic E-state index is 0.0216. The quantitative estimate of drug-likeness (QED) is 0.879. The Bertz CT molecular complexity index is 586. The smallest absolute Gasteiger partial charge is 0.224 e. The van der Waals surface area contributed by atoms with E-state index in [2.05, 4.69) is 25.3 Å². The normalized spacial score (nSPS) is 18.4. The molecule has 0 radical (unpaired) electrons. The molecule has 24 heavy (non-hydrogen) atoms. The predicted octanol–water partition coefficient (Wildman–Crippen LogP) is 1.83. The van der Waals surface area contributed by atoms with E-state index in [1.54, 1.807) is 6.33 Å². The van der Waals surface area contributed by atoms with E-state index in [1.807, 2.05) is 44.2 Å². The summed E-state index contributed by atoms with van der Waals surface area (Å²) in [5.41, 5.74) is 0. The van der Waals surface area contributed by atoms with Gasteiger partial charge >= 0.3 is 0 Å². The van der Waals surface area contributed by atoms with Gasteiger partial charge in [0, 0.05) is 32.9 Å². The molecule has 1 aromatic rings. The van der Waals surface area contributed by atoms with E-state index in [-0.39, 0.29) is 11.8 Å². The number of hydrogen-bond donors (Lipinski definition) is 2. The van der Waals surface area contributed by atoms with Crippen LogP contribution >= 0.6 is 0 Å². The number of amides is 1. The lowest BCUT2D eigenvalue weighted by atomic mass is 10.0. The Morgan fingerprint density at radius 3 is 3.08 bits per heavy atom. The lowest BCUT2D eigenvalue weighted by molar-refractivity contribution is -0.125. The molecule has 0 aromatic carbocycles. The van der Waals surface area contributed by atoms with Crippen LogP contribution in [0.1, 0.15) is 32.0 Å². The summed E-state index contributed by atoms with van der Waals surface area (Å²) in [4.78, 5) is 24.0. The third-order valence-electron chi connectivity index (χ3n) is 4.20. The van der Waals surface area contributed by atoms with Crippen molar-refractivity contribution in [2.75, 3.05) is 31.7 Å². The van der Waals surface area contributed by atoms with Gasteiger partial charge in [-0.3, -0.25) is 9.80 Å². The highest BCUT2D eigenvalue weighted by atomic mass is 16.1. The summed E-state index contributed by atoms with van der Waals surface area (Å²) < 4.78 is 0. The van der Waals surface area contributed by atoms with Crippen molar-refractivity contribution in [3.8, 4) is 0 Å². The lowest BCUT2D eigenvalue weighted by Gasteiger charge is -2.33. The summed E-state index contributed by atoms with van der Waals surface area (Å²) in [6.45, 7) is 6.15. The number of anilines is 1. The van der Waals surface area contributed by atoms with Crippen LogP contribution in [0.5, 0.6) is 0 Å². The van der Waals surface area contributed by atoms with Crippen LogP contribution in [-0.4, -0.2) is 52.5 Å². The number of aryl methyl sites for hydroxylation is 1. The molecule has 132 valence electrons. The van der Waals surface area contributed by atoms with E-state index in [9.17, 15) is 4.79 Å². The largest absolute Gasteiger partial charge is 0.356 e. The average molecular weight is 332 g/mol. The van der Waals surface area contributed by atoms with Gasteiger partial charge in [0.1, 0.15) is 18.0 Å². The minimum atomic E-state index is 0.0216. The number of carbonyl (C=O) groups is 1. The van der Waals surface area contributed by atoms with E-state index in [4.69, 9.17) is 0 Å². The van der Waals surface area contributed by atoms with Gasteiger partial charge in [0.25, 0.3) is 0 Å². The maximum Gasteiger partial charge on any atom is 0.224 e. The Kier molecular flexibility index (Phi) is 6.99. The van der Waals surface area contributed by atoms with Crippen molar-refractivity contribution in [1.82, 2.24) is 25.3 Å². The Labute approximate surface area is 143 Å². The number of H-pyrrole nitrogens is 1. The lowest BCUT2D eigenvalue weighted by Crippen LogP contribution is -2.45. The summed E-state index contributed by atoms with van der Waals surface area (Å²) >= 11 is 0. The van der Waals surface area contributed by atoms with Gasteiger partial charge in [0.2, 0.25) is 5.91 Å². The first-order chi connectivity index (χ1) is 11.6. The van der Waals surface area contributed by atoms with Crippen LogP contribution in [0.4, 0.5) is 5.82 Å². The molecule has 0 aliphatic carbocycles. The zero-order valence-electron chi connectivity index (χ0n) is 14.8. The molecule has 7 nitrogen and oxygen atoms in total. The molecule has 1 unspecified atom stereocenters. The van der Waals surface area contributed by atoms with E-state index < -0.39 is 0 Å². The van der Waals surface area contributed by atoms with E-state index in [1.165, 1.54) is 0 Å². The number of hydrazine groups is 1. The Hall–Kier alpha value is -2.15. The molecule has 0 saturated carbocycles. The molecular formula is C17H28N6O. The second-order valence-corrected chi connectivity index (χ2v) is 6.01. The third kappa shape index (κ3) is 5.19. The molecule has 0 spiro atoms. The van der Waals surface area contributed by atoms with Gasteiger partial charge in [-0.25, -0.2) is 15.0 Å². The first-order valence-electron chi connectivity index (χ1n) is 8.58. The summed E-state index contributed by atoms with van der Waals surface area (Å²) in [7, 11) is 1.99. The molecule has 1 saturated heterocycles. The summed E-state index contributed by atoms with van der Waals surface area (Å²) in [6.07, 6.45) is 6.47. The summed E-state index contributed by atoms with van der Waals surface area (Å²) in [5.74, 6) is 1.75. The molecule has 1 aliphatic rings. The van der Waals surface area contributed by atoms with Crippen LogP contribution in [0.15, 0.2) is 24.7 Å². The van der Waals surface area contributed by atoms with Crippen molar-refractivity contribution < 1.29 is 4.79 Å². The van der Waals surface area contributed by atoms with Crippen molar-refractivity contribution in [2.45, 2.75) is 33.1 Å². The molecule has 2 heterocycles. The summed E-state index contributed by atoms with van der Waals surface area (Å²) in [5, 5.41) is 7.17. The van der Waals surface area contributed by atoms with Crippen molar-refractivity contribution in [3.63, 3.8) is 0 Å². The zero-order valence-corrected chi connectivity index (χ0v) is 14.8. The highest BCUT2D eigenvalue weighted by Gasteiger charge is 2.26. The highest BCUT2D eigenvalue weighted by molar-refractivity contribution is 5.78. The molecule has 7 heteroatoms. The SMILES string of the molecule is CCNC(=O)C1CCCCN(N(C)c2ccc[nH]c(C)ncn2)C1. The average Bonchev–Trinajstić information content (AvgIpc) is 2.76. The van der Waals surface area contributed by atoms with Crippen LogP contribution in [0.3, 0.4) is 0 Å². The van der Waals surface area contributed by atoms with Crippen LogP contribution in [-0.2, 0) is 4.79 Å². The Morgan fingerprint density at radius 2 is 2.29 bits per heavy atom. The predicted molar refractivity (Wildman–Crippen MR) is 94.7 cm³/mol. The fourth-order valence-electron chi connectivity index (χ4n) is 2.82. The number of aromatic nitrogens is 3. The zero-order chi connectivity index (χ0) is 17.4. The summed E-state index contributed by atoms with van der Waals surface area (Å²) in [6, 6.07) is 3.84. The van der Waals surface area contributed by atoms with Gasteiger partial charge in [0.15, 0.2) is 0 Å². The second-order valence-electron chi connectivity index (χ2n) is 6.01. The molecule has 1 fully saturated rings. The standard InChI is InChI=1S/C17H28N6O/c1-4-18-17(24)15-8-5-6-11-23(12-15)22(3)16-9-7-10-19-14(2)20-13-21-16/h7,9-10,13,15H,4-6,8,11-12H2,1-3H3,(H,18,24)(H,19,20,21). The van der Waals surface area contributed by atoms with Crippen LogP contribution in [0.25, 0.3) is 0 Å². The Balaban J connectivity index is 2.18. The van der Waals surface area contributed by atoms with Gasteiger partial charge in [-0.1, -0.05) is 6.42 Å². The monoisotopic (exact) mass is 332 g/mol. The number of aromatic amines is 1. The second kappa shape index (κ2) is 9.22. The molecule has 2 N–H and O–H groups in total. The van der Waals surface area contributed by atoms with Crippen molar-refractivity contribution >= 4 is 11.7 Å². The number of nitrogens with zero attached hydrogens (tertiary/aromatic N) is 4. The van der Waals surface area contributed by atoms with E-state index in [0.717, 1.165) is 37.4 Å². The molecule has 1 amide bonds. The minimum Gasteiger partial charge on any atom is -0.356 e. The first kappa shape index (κ1) is 18.2.